The molecule has 0 atom stereocenters. The molecule has 0 unspecified atom stereocenters. The number of aromatic amines is 1. The van der Waals surface area contributed by atoms with Crippen LogP contribution in [0.1, 0.15) is 65.5 Å². The van der Waals surface area contributed by atoms with Crippen LogP contribution in [0.25, 0.3) is 0 Å². The van der Waals surface area contributed by atoms with Crippen LogP contribution < -0.4 is 5.32 Å². The number of H-pyrrole nitrogens is 1. The lowest BCUT2D eigenvalue weighted by Gasteiger charge is -2.24. The highest BCUT2D eigenvalue weighted by Crippen LogP contribution is 2.30. The summed E-state index contributed by atoms with van der Waals surface area (Å²) in [6.45, 7) is 4.69. The van der Waals surface area contributed by atoms with Crippen LogP contribution in [0.15, 0.2) is 22.8 Å². The van der Waals surface area contributed by atoms with Crippen LogP contribution in [0.4, 0.5) is 0 Å². The Labute approximate surface area is 141 Å². The monoisotopic (exact) mass is 330 g/mol. The largest absolute Gasteiger partial charge is 0.467 e. The van der Waals surface area contributed by atoms with Crippen LogP contribution in [-0.4, -0.2) is 10.9 Å². The molecule has 122 valence electrons. The number of carbonyl (C=O) groups is 1. The van der Waals surface area contributed by atoms with Crippen molar-refractivity contribution in [3.05, 3.63) is 51.2 Å². The predicted molar refractivity (Wildman–Crippen MR) is 92.2 cm³/mol. The number of nitrogens with one attached hydrogen (secondary N) is 2. The number of carbonyl (C=O) groups excluding carboxylic acids is 1. The Hall–Kier alpha value is -1.88. The molecule has 1 aliphatic rings. The first kappa shape index (κ1) is 16.0. The van der Waals surface area contributed by atoms with Crippen LogP contribution in [0.2, 0.25) is 0 Å². The predicted octanol–water partition coefficient (Wildman–Crippen LogP) is 4.27. The molecule has 2 heterocycles. The summed E-state index contributed by atoms with van der Waals surface area (Å²) in [4.78, 5) is 16.0. The van der Waals surface area contributed by atoms with E-state index in [0.717, 1.165) is 30.6 Å². The molecule has 0 saturated heterocycles. The van der Waals surface area contributed by atoms with Crippen molar-refractivity contribution in [2.24, 2.45) is 0 Å². The SMILES string of the molecule is CC(C)c1[nH]c(=S)c(C(=O)NCc2ccco2)c2c1CCCC2. The Morgan fingerprint density at radius 2 is 2.09 bits per heavy atom. The second-order valence-corrected chi connectivity index (χ2v) is 6.73. The van der Waals surface area contributed by atoms with E-state index in [1.54, 1.807) is 6.26 Å². The first-order valence-corrected chi connectivity index (χ1v) is 8.57. The van der Waals surface area contributed by atoms with Gasteiger partial charge in [-0.1, -0.05) is 26.1 Å². The van der Waals surface area contributed by atoms with Crippen LogP contribution in [0.5, 0.6) is 0 Å². The van der Waals surface area contributed by atoms with E-state index in [0.29, 0.717) is 22.7 Å². The molecule has 2 aromatic rings. The third-order valence-corrected chi connectivity index (χ3v) is 4.68. The van der Waals surface area contributed by atoms with Gasteiger partial charge in [-0.05, 0) is 54.9 Å². The van der Waals surface area contributed by atoms with Gasteiger partial charge in [0.1, 0.15) is 10.4 Å². The van der Waals surface area contributed by atoms with E-state index in [-0.39, 0.29) is 5.91 Å². The van der Waals surface area contributed by atoms with Crippen LogP contribution >= 0.6 is 12.2 Å². The van der Waals surface area contributed by atoms with Gasteiger partial charge in [-0.25, -0.2) is 0 Å². The summed E-state index contributed by atoms with van der Waals surface area (Å²) in [5, 5.41) is 2.92. The minimum atomic E-state index is -0.115. The summed E-state index contributed by atoms with van der Waals surface area (Å²) in [6.07, 6.45) is 5.84. The van der Waals surface area contributed by atoms with Crippen molar-refractivity contribution in [1.29, 1.82) is 0 Å². The highest BCUT2D eigenvalue weighted by Gasteiger charge is 2.23. The van der Waals surface area contributed by atoms with Crippen molar-refractivity contribution in [2.45, 2.75) is 52.0 Å². The third kappa shape index (κ3) is 3.24. The van der Waals surface area contributed by atoms with Crippen LogP contribution in [0.3, 0.4) is 0 Å². The fraction of sp³-hybridized carbons (Fsp3) is 0.444. The minimum Gasteiger partial charge on any atom is -0.467 e. The quantitative estimate of drug-likeness (QED) is 0.823. The molecule has 0 saturated carbocycles. The number of furan rings is 1. The van der Waals surface area contributed by atoms with Crippen molar-refractivity contribution < 1.29 is 9.21 Å². The van der Waals surface area contributed by atoms with E-state index in [1.807, 2.05) is 12.1 Å². The molecule has 2 N–H and O–H groups in total. The topological polar surface area (TPSA) is 58.0 Å². The Bertz CT molecular complexity index is 760. The van der Waals surface area contributed by atoms with Crippen LogP contribution in [0, 0.1) is 4.64 Å². The van der Waals surface area contributed by atoms with Crippen molar-refractivity contribution in [2.75, 3.05) is 0 Å². The first-order valence-electron chi connectivity index (χ1n) is 8.16. The summed E-state index contributed by atoms with van der Waals surface area (Å²) in [5.74, 6) is 1.00. The second-order valence-electron chi connectivity index (χ2n) is 6.32. The number of hydrogen-bond donors (Lipinski definition) is 2. The molecular weight excluding hydrogens is 308 g/mol. The Morgan fingerprint density at radius 1 is 1.35 bits per heavy atom. The molecule has 0 spiro atoms. The van der Waals surface area contributed by atoms with Gasteiger partial charge in [0.15, 0.2) is 0 Å². The maximum atomic E-state index is 12.7. The summed E-state index contributed by atoms with van der Waals surface area (Å²) in [7, 11) is 0. The van der Waals surface area contributed by atoms with Gasteiger partial charge in [0.25, 0.3) is 5.91 Å². The lowest BCUT2D eigenvalue weighted by Crippen LogP contribution is -2.26. The maximum absolute atomic E-state index is 12.7. The zero-order chi connectivity index (χ0) is 16.4. The molecule has 23 heavy (non-hydrogen) atoms. The number of amides is 1. The molecular formula is C18H22N2O2S. The standard InChI is InChI=1S/C18H22N2O2S/c1-11(2)16-14-8-4-3-7-13(14)15(18(23)20-16)17(21)19-10-12-6-5-9-22-12/h5-6,9,11H,3-4,7-8,10H2,1-2H3,(H,19,21)(H,20,23). The minimum absolute atomic E-state index is 0.115. The van der Waals surface area contributed by atoms with Gasteiger partial charge in [-0.2, -0.15) is 0 Å². The maximum Gasteiger partial charge on any atom is 0.254 e. The molecule has 0 bridgehead atoms. The van der Waals surface area contributed by atoms with Gasteiger partial charge in [0, 0.05) is 5.69 Å². The Morgan fingerprint density at radius 3 is 2.74 bits per heavy atom. The Kier molecular flexibility index (Phi) is 4.66. The van der Waals surface area contributed by atoms with Crippen LogP contribution in [-0.2, 0) is 19.4 Å². The average molecular weight is 330 g/mol. The molecule has 0 fully saturated rings. The number of pyridine rings is 1. The molecule has 3 rings (SSSR count). The zero-order valence-electron chi connectivity index (χ0n) is 13.6. The van der Waals surface area contributed by atoms with Crippen molar-refractivity contribution >= 4 is 18.1 Å². The fourth-order valence-electron chi connectivity index (χ4n) is 3.28. The number of hydrogen-bond acceptors (Lipinski definition) is 3. The molecule has 1 aliphatic carbocycles. The van der Waals surface area contributed by atoms with E-state index >= 15 is 0 Å². The van der Waals surface area contributed by atoms with Gasteiger partial charge in [-0.3, -0.25) is 4.79 Å². The summed E-state index contributed by atoms with van der Waals surface area (Å²) < 4.78 is 5.81. The average Bonchev–Trinajstić information content (AvgIpc) is 3.05. The Balaban J connectivity index is 1.95. The lowest BCUT2D eigenvalue weighted by molar-refractivity contribution is 0.0946. The molecule has 0 aromatic carbocycles. The van der Waals surface area contributed by atoms with Crippen molar-refractivity contribution in [1.82, 2.24) is 10.3 Å². The van der Waals surface area contributed by atoms with Crippen molar-refractivity contribution in [3.63, 3.8) is 0 Å². The summed E-state index contributed by atoms with van der Waals surface area (Å²) in [5.41, 5.74) is 4.27. The fourth-order valence-corrected chi connectivity index (χ4v) is 3.60. The number of fused-ring (bicyclic) bond motifs is 1. The lowest BCUT2D eigenvalue weighted by atomic mass is 9.85. The molecule has 0 radical (unpaired) electrons. The van der Waals surface area contributed by atoms with E-state index in [4.69, 9.17) is 16.6 Å². The van der Waals surface area contributed by atoms with Gasteiger partial charge in [0.2, 0.25) is 0 Å². The normalized spacial score (nSPS) is 13.9. The van der Waals surface area contributed by atoms with Gasteiger partial charge >= 0.3 is 0 Å². The first-order chi connectivity index (χ1) is 11.1. The highest BCUT2D eigenvalue weighted by molar-refractivity contribution is 7.71. The molecule has 4 nitrogen and oxygen atoms in total. The van der Waals surface area contributed by atoms with E-state index in [9.17, 15) is 4.79 Å². The molecule has 5 heteroatoms. The second kappa shape index (κ2) is 6.71. The number of rotatable bonds is 4. The van der Waals surface area contributed by atoms with E-state index < -0.39 is 0 Å². The van der Waals surface area contributed by atoms with E-state index in [2.05, 4.69) is 24.1 Å². The molecule has 0 aliphatic heterocycles. The van der Waals surface area contributed by atoms with Gasteiger partial charge in [0.05, 0.1) is 18.4 Å². The van der Waals surface area contributed by atoms with Gasteiger partial charge < -0.3 is 14.7 Å². The van der Waals surface area contributed by atoms with Crippen molar-refractivity contribution in [3.8, 4) is 0 Å². The van der Waals surface area contributed by atoms with E-state index in [1.165, 1.54) is 17.7 Å². The smallest absolute Gasteiger partial charge is 0.254 e. The third-order valence-electron chi connectivity index (χ3n) is 4.38. The molecule has 1 amide bonds. The highest BCUT2D eigenvalue weighted by atomic mass is 32.1. The molecule has 2 aromatic heterocycles. The summed E-state index contributed by atoms with van der Waals surface area (Å²) in [6, 6.07) is 3.66. The zero-order valence-corrected chi connectivity index (χ0v) is 14.4. The number of aromatic nitrogens is 1. The summed E-state index contributed by atoms with van der Waals surface area (Å²) >= 11 is 5.49. The van der Waals surface area contributed by atoms with Gasteiger partial charge in [-0.15, -0.1) is 0 Å².